The molecule has 1 aliphatic rings. The van der Waals surface area contributed by atoms with E-state index in [9.17, 15) is 4.79 Å². The molecule has 0 aliphatic carbocycles. The molecule has 0 atom stereocenters. The van der Waals surface area contributed by atoms with E-state index in [1.807, 2.05) is 42.5 Å². The molecule has 0 bridgehead atoms. The van der Waals surface area contributed by atoms with Gasteiger partial charge in [0.25, 0.3) is 0 Å². The molecule has 0 unspecified atom stereocenters. The number of aromatic nitrogens is 3. The Labute approximate surface area is 174 Å². The fourth-order valence-electron chi connectivity index (χ4n) is 3.43. The van der Waals surface area contributed by atoms with Crippen LogP contribution in [0, 0.1) is 0 Å². The van der Waals surface area contributed by atoms with Gasteiger partial charge in [0.05, 0.1) is 25.1 Å². The normalized spacial score (nSPS) is 14.4. The first-order chi connectivity index (χ1) is 14.2. The molecule has 1 fully saturated rings. The zero-order valence-electron chi connectivity index (χ0n) is 16.5. The largest absolute Gasteiger partial charge is 0.467 e. The van der Waals surface area contributed by atoms with Crippen molar-refractivity contribution in [1.29, 1.82) is 0 Å². The molecule has 7 nitrogen and oxygen atoms in total. The van der Waals surface area contributed by atoms with Crippen LogP contribution in [0.25, 0.3) is 5.69 Å². The molecular formula is C21H25N5O2S. The van der Waals surface area contributed by atoms with Crippen molar-refractivity contribution in [2.75, 3.05) is 25.9 Å². The fraction of sp³-hybridized carbons (Fsp3) is 0.381. The van der Waals surface area contributed by atoms with Crippen LogP contribution in [0.1, 0.15) is 24.4 Å². The van der Waals surface area contributed by atoms with Gasteiger partial charge in [-0.25, -0.2) is 0 Å². The Morgan fingerprint density at radius 1 is 1.14 bits per heavy atom. The van der Waals surface area contributed by atoms with Crippen LogP contribution in [0.15, 0.2) is 58.3 Å². The molecule has 3 aromatic rings. The van der Waals surface area contributed by atoms with Gasteiger partial charge in [-0.1, -0.05) is 30.0 Å². The molecule has 1 saturated heterocycles. The molecule has 1 aliphatic heterocycles. The molecule has 0 N–H and O–H groups in total. The summed E-state index contributed by atoms with van der Waals surface area (Å²) in [7, 11) is 1.78. The minimum Gasteiger partial charge on any atom is -0.467 e. The molecule has 1 aromatic carbocycles. The van der Waals surface area contributed by atoms with Crippen molar-refractivity contribution in [3.8, 4) is 5.69 Å². The van der Waals surface area contributed by atoms with Gasteiger partial charge in [-0.2, -0.15) is 0 Å². The SMILES string of the molecule is CN(Cc1ccco1)C(=O)CSc1nnc(CN2CCCC2)n1-c1ccccc1. The number of furan rings is 1. The summed E-state index contributed by atoms with van der Waals surface area (Å²) in [5.41, 5.74) is 1.02. The zero-order valence-corrected chi connectivity index (χ0v) is 17.3. The third-order valence-electron chi connectivity index (χ3n) is 5.00. The molecule has 2 aromatic heterocycles. The van der Waals surface area contributed by atoms with Crippen LogP contribution in [0.4, 0.5) is 0 Å². The number of rotatable bonds is 8. The number of likely N-dealkylation sites (tertiary alicyclic amines) is 1. The number of hydrogen-bond donors (Lipinski definition) is 0. The molecule has 0 radical (unpaired) electrons. The van der Waals surface area contributed by atoms with Crippen molar-refractivity contribution in [3.63, 3.8) is 0 Å². The van der Waals surface area contributed by atoms with Gasteiger partial charge in [0.2, 0.25) is 5.91 Å². The Hall–Kier alpha value is -2.58. The molecular weight excluding hydrogens is 386 g/mol. The Balaban J connectivity index is 1.47. The Kier molecular flexibility index (Phi) is 6.31. The molecule has 4 rings (SSSR count). The summed E-state index contributed by atoms with van der Waals surface area (Å²) in [6, 6.07) is 13.8. The van der Waals surface area contributed by atoms with E-state index in [2.05, 4.69) is 19.7 Å². The first-order valence-electron chi connectivity index (χ1n) is 9.82. The number of nitrogens with zero attached hydrogens (tertiary/aromatic N) is 5. The van der Waals surface area contributed by atoms with Gasteiger partial charge >= 0.3 is 0 Å². The highest BCUT2D eigenvalue weighted by Crippen LogP contribution is 2.24. The van der Waals surface area contributed by atoms with Crippen molar-refractivity contribution in [1.82, 2.24) is 24.6 Å². The monoisotopic (exact) mass is 411 g/mol. The number of hydrogen-bond acceptors (Lipinski definition) is 6. The number of carbonyl (C=O) groups excluding carboxylic acids is 1. The standard InChI is InChI=1S/C21H25N5O2S/c1-24(14-18-10-7-13-28-18)20(27)16-29-21-23-22-19(15-25-11-5-6-12-25)26(21)17-8-3-2-4-9-17/h2-4,7-10,13H,5-6,11-12,14-16H2,1H3. The fourth-order valence-corrected chi connectivity index (χ4v) is 4.35. The highest BCUT2D eigenvalue weighted by molar-refractivity contribution is 7.99. The second-order valence-electron chi connectivity index (χ2n) is 7.17. The van der Waals surface area contributed by atoms with E-state index < -0.39 is 0 Å². The van der Waals surface area contributed by atoms with E-state index >= 15 is 0 Å². The first kappa shape index (κ1) is 19.7. The van der Waals surface area contributed by atoms with Crippen LogP contribution in [-0.2, 0) is 17.9 Å². The maximum absolute atomic E-state index is 12.6. The zero-order chi connectivity index (χ0) is 20.1. The van der Waals surface area contributed by atoms with Gasteiger partial charge < -0.3 is 9.32 Å². The quantitative estimate of drug-likeness (QED) is 0.530. The summed E-state index contributed by atoms with van der Waals surface area (Å²) >= 11 is 1.42. The third-order valence-corrected chi connectivity index (χ3v) is 5.92. The Bertz CT molecular complexity index is 920. The second kappa shape index (κ2) is 9.28. The summed E-state index contributed by atoms with van der Waals surface area (Å²) in [4.78, 5) is 16.6. The minimum absolute atomic E-state index is 0.0232. The number of carbonyl (C=O) groups is 1. The highest BCUT2D eigenvalue weighted by Gasteiger charge is 2.20. The average molecular weight is 412 g/mol. The van der Waals surface area contributed by atoms with Gasteiger partial charge in [0, 0.05) is 12.7 Å². The Morgan fingerprint density at radius 2 is 1.93 bits per heavy atom. The number of para-hydroxylation sites is 1. The van der Waals surface area contributed by atoms with Crippen LogP contribution < -0.4 is 0 Å². The van der Waals surface area contributed by atoms with Crippen LogP contribution in [0.2, 0.25) is 0 Å². The molecule has 1 amide bonds. The van der Waals surface area contributed by atoms with Crippen LogP contribution in [-0.4, -0.2) is 56.4 Å². The van der Waals surface area contributed by atoms with Crippen LogP contribution in [0.3, 0.4) is 0 Å². The number of thioether (sulfide) groups is 1. The average Bonchev–Trinajstić information content (AvgIpc) is 3.50. The predicted octanol–water partition coefficient (Wildman–Crippen LogP) is 3.21. The number of benzene rings is 1. The topological polar surface area (TPSA) is 67.4 Å². The second-order valence-corrected chi connectivity index (χ2v) is 8.11. The van der Waals surface area contributed by atoms with E-state index in [1.54, 1.807) is 18.2 Å². The maximum atomic E-state index is 12.6. The molecule has 29 heavy (non-hydrogen) atoms. The van der Waals surface area contributed by atoms with Crippen molar-refractivity contribution in [2.45, 2.75) is 31.1 Å². The van der Waals surface area contributed by atoms with Crippen LogP contribution >= 0.6 is 11.8 Å². The Morgan fingerprint density at radius 3 is 2.66 bits per heavy atom. The molecule has 152 valence electrons. The van der Waals surface area contributed by atoms with Crippen molar-refractivity contribution in [3.05, 3.63) is 60.3 Å². The molecule has 8 heteroatoms. The smallest absolute Gasteiger partial charge is 0.233 e. The summed E-state index contributed by atoms with van der Waals surface area (Å²) in [5.74, 6) is 2.00. The summed E-state index contributed by atoms with van der Waals surface area (Å²) < 4.78 is 7.40. The lowest BCUT2D eigenvalue weighted by atomic mass is 10.3. The molecule has 0 spiro atoms. The van der Waals surface area contributed by atoms with Crippen molar-refractivity contribution < 1.29 is 9.21 Å². The summed E-state index contributed by atoms with van der Waals surface area (Å²) in [6.07, 6.45) is 4.09. The first-order valence-corrected chi connectivity index (χ1v) is 10.8. The number of amides is 1. The van der Waals surface area contributed by atoms with E-state index in [0.717, 1.165) is 42.1 Å². The van der Waals surface area contributed by atoms with Gasteiger partial charge in [0.15, 0.2) is 11.0 Å². The van der Waals surface area contributed by atoms with Crippen LogP contribution in [0.5, 0.6) is 0 Å². The van der Waals surface area contributed by atoms with Gasteiger partial charge in [-0.15, -0.1) is 10.2 Å². The van der Waals surface area contributed by atoms with Crippen molar-refractivity contribution in [2.24, 2.45) is 0 Å². The lowest BCUT2D eigenvalue weighted by Gasteiger charge is -2.17. The van der Waals surface area contributed by atoms with E-state index in [0.29, 0.717) is 12.3 Å². The van der Waals surface area contributed by atoms with Gasteiger partial charge in [0.1, 0.15) is 5.76 Å². The summed E-state index contributed by atoms with van der Waals surface area (Å²) in [6.45, 7) is 3.42. The minimum atomic E-state index is 0.0232. The van der Waals surface area contributed by atoms with Gasteiger partial charge in [-0.3, -0.25) is 14.3 Å². The lowest BCUT2D eigenvalue weighted by molar-refractivity contribution is -0.127. The lowest BCUT2D eigenvalue weighted by Crippen LogP contribution is -2.27. The van der Waals surface area contributed by atoms with Gasteiger partial charge in [-0.05, 0) is 50.2 Å². The van der Waals surface area contributed by atoms with E-state index in [1.165, 1.54) is 24.6 Å². The predicted molar refractivity (Wildman–Crippen MR) is 112 cm³/mol. The highest BCUT2D eigenvalue weighted by atomic mass is 32.2. The third kappa shape index (κ3) is 4.89. The molecule has 0 saturated carbocycles. The van der Waals surface area contributed by atoms with E-state index in [4.69, 9.17) is 4.42 Å². The summed E-state index contributed by atoms with van der Waals surface area (Å²) in [5, 5.41) is 9.59. The van der Waals surface area contributed by atoms with E-state index in [-0.39, 0.29) is 5.91 Å². The molecule has 3 heterocycles. The van der Waals surface area contributed by atoms with Crippen molar-refractivity contribution >= 4 is 17.7 Å². The maximum Gasteiger partial charge on any atom is 0.233 e.